The van der Waals surface area contributed by atoms with Crippen LogP contribution < -0.4 is 5.32 Å². The van der Waals surface area contributed by atoms with E-state index in [9.17, 15) is 13.6 Å². The Labute approximate surface area is 148 Å². The molecular formula is C18H17F2N5O. The minimum atomic E-state index is -2.61. The Bertz CT molecular complexity index is 967. The fourth-order valence-corrected chi connectivity index (χ4v) is 3.05. The summed E-state index contributed by atoms with van der Waals surface area (Å²) in [5, 5.41) is 7.35. The number of pyridine rings is 2. The first-order valence-corrected chi connectivity index (χ1v) is 8.39. The van der Waals surface area contributed by atoms with Crippen molar-refractivity contribution in [2.75, 3.05) is 5.32 Å². The van der Waals surface area contributed by atoms with Crippen LogP contribution in [0.4, 0.5) is 14.5 Å². The van der Waals surface area contributed by atoms with E-state index in [1.54, 1.807) is 31.5 Å². The lowest BCUT2D eigenvalue weighted by Crippen LogP contribution is -2.20. The molecule has 3 aromatic heterocycles. The van der Waals surface area contributed by atoms with Gasteiger partial charge in [-0.1, -0.05) is 0 Å². The van der Waals surface area contributed by atoms with Crippen LogP contribution in [0.1, 0.15) is 42.1 Å². The van der Waals surface area contributed by atoms with Crippen LogP contribution in [-0.2, 0) is 11.3 Å². The molecule has 0 bridgehead atoms. The van der Waals surface area contributed by atoms with Gasteiger partial charge in [-0.2, -0.15) is 5.10 Å². The molecule has 0 aromatic carbocycles. The molecule has 8 heteroatoms. The van der Waals surface area contributed by atoms with Crippen LogP contribution >= 0.6 is 0 Å². The van der Waals surface area contributed by atoms with E-state index < -0.39 is 6.43 Å². The highest BCUT2D eigenvalue weighted by atomic mass is 19.3. The summed E-state index contributed by atoms with van der Waals surface area (Å²) in [5.41, 5.74) is 1.99. The summed E-state index contributed by atoms with van der Waals surface area (Å²) >= 11 is 0. The second kappa shape index (κ2) is 6.44. The van der Waals surface area contributed by atoms with Crippen molar-refractivity contribution < 1.29 is 13.6 Å². The van der Waals surface area contributed by atoms with Gasteiger partial charge in [0.2, 0.25) is 5.91 Å². The number of fused-ring (bicyclic) bond motifs is 1. The zero-order valence-electron chi connectivity index (χ0n) is 14.1. The molecular weight excluding hydrogens is 340 g/mol. The van der Waals surface area contributed by atoms with Crippen molar-refractivity contribution in [2.45, 2.75) is 38.7 Å². The molecule has 3 heterocycles. The molecule has 1 aliphatic rings. The number of alkyl halides is 2. The summed E-state index contributed by atoms with van der Waals surface area (Å²) in [6, 6.07) is 4.83. The molecule has 4 rings (SSSR count). The maximum Gasteiger partial charge on any atom is 0.264 e. The zero-order valence-corrected chi connectivity index (χ0v) is 14.1. The number of hydrogen-bond acceptors (Lipinski definition) is 4. The molecule has 134 valence electrons. The van der Waals surface area contributed by atoms with Crippen LogP contribution in [0.2, 0.25) is 0 Å². The molecule has 0 atom stereocenters. The fourth-order valence-electron chi connectivity index (χ4n) is 3.05. The van der Waals surface area contributed by atoms with Gasteiger partial charge in [0.25, 0.3) is 6.43 Å². The van der Waals surface area contributed by atoms with E-state index in [1.165, 1.54) is 10.7 Å². The van der Waals surface area contributed by atoms with Gasteiger partial charge in [0.1, 0.15) is 6.54 Å². The number of anilines is 1. The third-order valence-corrected chi connectivity index (χ3v) is 4.42. The fraction of sp³-hybridized carbons (Fsp3) is 0.333. The van der Waals surface area contributed by atoms with E-state index in [0.717, 1.165) is 12.8 Å². The molecule has 6 nitrogen and oxygen atoms in total. The molecule has 26 heavy (non-hydrogen) atoms. The average Bonchev–Trinajstić information content (AvgIpc) is 3.41. The van der Waals surface area contributed by atoms with E-state index >= 15 is 0 Å². The van der Waals surface area contributed by atoms with Gasteiger partial charge in [-0.3, -0.25) is 9.78 Å². The van der Waals surface area contributed by atoms with Gasteiger partial charge in [0.05, 0.1) is 11.1 Å². The van der Waals surface area contributed by atoms with E-state index in [2.05, 4.69) is 20.4 Å². The second-order valence-corrected chi connectivity index (χ2v) is 6.44. The molecule has 0 unspecified atom stereocenters. The highest BCUT2D eigenvalue weighted by molar-refractivity contribution is 5.92. The van der Waals surface area contributed by atoms with Crippen molar-refractivity contribution in [3.8, 4) is 0 Å². The van der Waals surface area contributed by atoms with Crippen molar-refractivity contribution in [3.05, 3.63) is 47.5 Å². The summed E-state index contributed by atoms with van der Waals surface area (Å²) in [6.45, 7) is 1.56. The number of rotatable bonds is 5. The van der Waals surface area contributed by atoms with Gasteiger partial charge >= 0.3 is 0 Å². The molecule has 1 aliphatic carbocycles. The van der Waals surface area contributed by atoms with Crippen LogP contribution in [0.25, 0.3) is 11.0 Å². The van der Waals surface area contributed by atoms with Gasteiger partial charge in [-0.15, -0.1) is 0 Å². The zero-order chi connectivity index (χ0) is 18.3. The van der Waals surface area contributed by atoms with Crippen LogP contribution in [-0.4, -0.2) is 25.7 Å². The summed E-state index contributed by atoms with van der Waals surface area (Å²) in [6.07, 6.45) is 2.44. The van der Waals surface area contributed by atoms with Gasteiger partial charge in [-0.25, -0.2) is 18.4 Å². The molecule has 1 saturated carbocycles. The van der Waals surface area contributed by atoms with Crippen LogP contribution in [0.3, 0.4) is 0 Å². The summed E-state index contributed by atoms with van der Waals surface area (Å²) in [5.74, 6) is -0.0796. The topological polar surface area (TPSA) is 72.7 Å². The lowest BCUT2D eigenvalue weighted by molar-refractivity contribution is -0.116. The molecule has 3 aromatic rings. The van der Waals surface area contributed by atoms with E-state index in [0.29, 0.717) is 28.1 Å². The van der Waals surface area contributed by atoms with Gasteiger partial charge in [0, 0.05) is 35.3 Å². The third-order valence-electron chi connectivity index (χ3n) is 4.42. The standard InChI is InChI=1S/C18H17F2N5O/c1-10-16-13(17(19)20)8-14(11-2-3-11)23-18(16)25(24-10)9-15(26)22-12-4-6-21-7-5-12/h4-8,11,17H,2-3,9H2,1H3,(H,21,22,26). The monoisotopic (exact) mass is 357 g/mol. The van der Waals surface area contributed by atoms with Crippen LogP contribution in [0.15, 0.2) is 30.6 Å². The number of halogens is 2. The molecule has 1 N–H and O–H groups in total. The Morgan fingerprint density at radius 3 is 2.73 bits per heavy atom. The predicted octanol–water partition coefficient (Wildman–Crippen LogP) is 3.59. The number of hydrogen-bond donors (Lipinski definition) is 1. The summed E-state index contributed by atoms with van der Waals surface area (Å²) in [7, 11) is 0. The van der Waals surface area contributed by atoms with Crippen molar-refractivity contribution in [2.24, 2.45) is 0 Å². The summed E-state index contributed by atoms with van der Waals surface area (Å²) < 4.78 is 28.5. The van der Waals surface area contributed by atoms with Gasteiger partial charge in [0.15, 0.2) is 5.65 Å². The number of aryl methyl sites for hydroxylation is 1. The Morgan fingerprint density at radius 2 is 2.08 bits per heavy atom. The number of amides is 1. The van der Waals surface area contributed by atoms with Crippen LogP contribution in [0.5, 0.6) is 0 Å². The minimum absolute atomic E-state index is 0.0600. The number of nitrogens with zero attached hydrogens (tertiary/aromatic N) is 4. The predicted molar refractivity (Wildman–Crippen MR) is 92.1 cm³/mol. The Balaban J connectivity index is 1.70. The number of carbonyl (C=O) groups excluding carboxylic acids is 1. The van der Waals surface area contributed by atoms with E-state index in [4.69, 9.17) is 0 Å². The number of carbonyl (C=O) groups is 1. The molecule has 0 spiro atoms. The average molecular weight is 357 g/mol. The lowest BCUT2D eigenvalue weighted by Gasteiger charge is -2.08. The third kappa shape index (κ3) is 3.14. The normalized spacial score (nSPS) is 14.2. The highest BCUT2D eigenvalue weighted by Crippen LogP contribution is 2.41. The van der Waals surface area contributed by atoms with Crippen molar-refractivity contribution in [1.29, 1.82) is 0 Å². The van der Waals surface area contributed by atoms with Crippen molar-refractivity contribution in [1.82, 2.24) is 19.7 Å². The number of nitrogens with one attached hydrogen (secondary N) is 1. The lowest BCUT2D eigenvalue weighted by atomic mass is 10.1. The molecule has 0 aliphatic heterocycles. The Hall–Kier alpha value is -2.90. The molecule has 0 saturated heterocycles. The maximum absolute atomic E-state index is 13.6. The highest BCUT2D eigenvalue weighted by Gasteiger charge is 2.29. The largest absolute Gasteiger partial charge is 0.324 e. The Kier molecular flexibility index (Phi) is 4.10. The SMILES string of the molecule is Cc1nn(CC(=O)Nc2ccncc2)c2nc(C3CC3)cc(C(F)F)c12. The van der Waals surface area contributed by atoms with Gasteiger partial charge < -0.3 is 5.32 Å². The number of aromatic nitrogens is 4. The van der Waals surface area contributed by atoms with Crippen molar-refractivity contribution in [3.63, 3.8) is 0 Å². The quantitative estimate of drug-likeness (QED) is 0.757. The first-order chi connectivity index (χ1) is 12.5. The first-order valence-electron chi connectivity index (χ1n) is 8.39. The van der Waals surface area contributed by atoms with E-state index in [-0.39, 0.29) is 23.9 Å². The molecule has 1 fully saturated rings. The minimum Gasteiger partial charge on any atom is -0.324 e. The molecule has 1 amide bonds. The smallest absolute Gasteiger partial charge is 0.264 e. The second-order valence-electron chi connectivity index (χ2n) is 6.44. The first kappa shape index (κ1) is 16.6. The van der Waals surface area contributed by atoms with E-state index in [1.807, 2.05) is 0 Å². The van der Waals surface area contributed by atoms with Crippen LogP contribution in [0, 0.1) is 6.92 Å². The Morgan fingerprint density at radius 1 is 1.35 bits per heavy atom. The maximum atomic E-state index is 13.6. The summed E-state index contributed by atoms with van der Waals surface area (Å²) in [4.78, 5) is 20.7. The van der Waals surface area contributed by atoms with Gasteiger partial charge in [-0.05, 0) is 38.0 Å². The van der Waals surface area contributed by atoms with Crippen molar-refractivity contribution >= 4 is 22.6 Å². The molecule has 0 radical (unpaired) electrons.